The van der Waals surface area contributed by atoms with Gasteiger partial charge in [0.05, 0.1) is 31.6 Å². The summed E-state index contributed by atoms with van der Waals surface area (Å²) in [5.41, 5.74) is 2.55. The quantitative estimate of drug-likeness (QED) is 0.471. The van der Waals surface area contributed by atoms with Gasteiger partial charge in [-0.2, -0.15) is 5.10 Å². The number of hydrogen-bond donors (Lipinski definition) is 1. The van der Waals surface area contributed by atoms with Crippen LogP contribution in [0.15, 0.2) is 71.8 Å². The van der Waals surface area contributed by atoms with Gasteiger partial charge in [-0.15, -0.1) is 0 Å². The molecule has 160 valence electrons. The lowest BCUT2D eigenvalue weighted by molar-refractivity contribution is 0.155. The Hall–Kier alpha value is -3.58. The fraction of sp³-hybridized carbons (Fsp3) is 0.250. The van der Waals surface area contributed by atoms with Crippen molar-refractivity contribution in [3.05, 3.63) is 82.9 Å². The van der Waals surface area contributed by atoms with Gasteiger partial charge in [0.2, 0.25) is 0 Å². The molecule has 7 nitrogen and oxygen atoms in total. The van der Waals surface area contributed by atoms with Gasteiger partial charge in [-0.25, -0.2) is 4.52 Å². The van der Waals surface area contributed by atoms with Gasteiger partial charge in [0.1, 0.15) is 17.0 Å². The monoisotopic (exact) mass is 419 g/mol. The topological polar surface area (TPSA) is 78.0 Å². The highest BCUT2D eigenvalue weighted by Crippen LogP contribution is 2.22. The van der Waals surface area contributed by atoms with E-state index in [2.05, 4.69) is 5.10 Å². The predicted octanol–water partition coefficient (Wildman–Crippen LogP) is 3.69. The Balaban J connectivity index is 1.57. The van der Waals surface area contributed by atoms with Crippen LogP contribution in [0.5, 0.6) is 11.5 Å². The second-order valence-electron chi connectivity index (χ2n) is 7.09. The molecule has 0 fully saturated rings. The van der Waals surface area contributed by atoms with Crippen LogP contribution in [0, 0.1) is 0 Å². The van der Waals surface area contributed by atoms with Crippen molar-refractivity contribution in [2.45, 2.75) is 26.5 Å². The molecule has 2 heterocycles. The van der Waals surface area contributed by atoms with Crippen molar-refractivity contribution in [1.29, 1.82) is 0 Å². The summed E-state index contributed by atoms with van der Waals surface area (Å²) in [7, 11) is 0. The SMILES string of the molecule is CCOc1ccc(-c2cc3c(=O)n(C[C@@H](O)c4ccc(OCC)cc4)ccn3n2)cc1. The van der Waals surface area contributed by atoms with Gasteiger partial charge in [-0.3, -0.25) is 4.79 Å². The van der Waals surface area contributed by atoms with E-state index in [4.69, 9.17) is 9.47 Å². The Morgan fingerprint density at radius 1 is 0.935 bits per heavy atom. The van der Waals surface area contributed by atoms with E-state index in [1.54, 1.807) is 23.0 Å². The molecule has 0 aliphatic heterocycles. The van der Waals surface area contributed by atoms with Gasteiger partial charge in [-0.1, -0.05) is 12.1 Å². The molecule has 4 aromatic rings. The van der Waals surface area contributed by atoms with Crippen LogP contribution in [0.1, 0.15) is 25.5 Å². The number of aliphatic hydroxyl groups is 1. The minimum absolute atomic E-state index is 0.146. The minimum atomic E-state index is -0.815. The van der Waals surface area contributed by atoms with Gasteiger partial charge < -0.3 is 19.1 Å². The summed E-state index contributed by atoms with van der Waals surface area (Å²) in [4.78, 5) is 13.0. The fourth-order valence-corrected chi connectivity index (χ4v) is 3.44. The molecule has 2 aromatic carbocycles. The number of fused-ring (bicyclic) bond motifs is 1. The van der Waals surface area contributed by atoms with E-state index in [1.807, 2.05) is 62.4 Å². The molecular weight excluding hydrogens is 394 g/mol. The third-order valence-corrected chi connectivity index (χ3v) is 5.01. The van der Waals surface area contributed by atoms with E-state index in [0.29, 0.717) is 24.4 Å². The largest absolute Gasteiger partial charge is 0.494 e. The molecule has 0 radical (unpaired) electrons. The third kappa shape index (κ3) is 4.46. The first-order valence-corrected chi connectivity index (χ1v) is 10.3. The van der Waals surface area contributed by atoms with Crippen molar-refractivity contribution in [3.63, 3.8) is 0 Å². The molecule has 7 heteroatoms. The predicted molar refractivity (Wildman–Crippen MR) is 119 cm³/mol. The number of benzene rings is 2. The zero-order valence-corrected chi connectivity index (χ0v) is 17.6. The van der Waals surface area contributed by atoms with E-state index in [0.717, 1.165) is 22.6 Å². The molecule has 0 aliphatic carbocycles. The first-order chi connectivity index (χ1) is 15.1. The summed E-state index contributed by atoms with van der Waals surface area (Å²) in [6.07, 6.45) is 2.55. The normalized spacial score (nSPS) is 12.1. The van der Waals surface area contributed by atoms with Gasteiger partial charge in [-0.05, 0) is 61.9 Å². The van der Waals surface area contributed by atoms with E-state index >= 15 is 0 Å². The van der Waals surface area contributed by atoms with Crippen LogP contribution in [0.2, 0.25) is 0 Å². The summed E-state index contributed by atoms with van der Waals surface area (Å²) in [6, 6.07) is 16.6. The van der Waals surface area contributed by atoms with E-state index < -0.39 is 6.10 Å². The van der Waals surface area contributed by atoms with Gasteiger partial charge >= 0.3 is 0 Å². The highest BCUT2D eigenvalue weighted by Gasteiger charge is 2.13. The first-order valence-electron chi connectivity index (χ1n) is 10.3. The Morgan fingerprint density at radius 2 is 1.55 bits per heavy atom. The Labute approximate surface area is 180 Å². The van der Waals surface area contributed by atoms with E-state index in [9.17, 15) is 9.90 Å². The lowest BCUT2D eigenvalue weighted by Gasteiger charge is -2.14. The molecule has 2 aromatic heterocycles. The molecule has 0 unspecified atom stereocenters. The zero-order valence-electron chi connectivity index (χ0n) is 17.6. The summed E-state index contributed by atoms with van der Waals surface area (Å²) in [5, 5.41) is 15.1. The highest BCUT2D eigenvalue weighted by atomic mass is 16.5. The maximum absolute atomic E-state index is 13.0. The molecule has 4 rings (SSSR count). The van der Waals surface area contributed by atoms with Crippen LogP contribution in [-0.4, -0.2) is 32.5 Å². The summed E-state index contributed by atoms with van der Waals surface area (Å²) in [5.74, 6) is 1.54. The van der Waals surface area contributed by atoms with Crippen LogP contribution in [-0.2, 0) is 6.54 Å². The van der Waals surface area contributed by atoms with Crippen LogP contribution < -0.4 is 15.0 Å². The number of hydrogen-bond acceptors (Lipinski definition) is 5. The van der Waals surface area contributed by atoms with Gasteiger partial charge in [0, 0.05) is 18.0 Å². The second kappa shape index (κ2) is 9.06. The van der Waals surface area contributed by atoms with Crippen LogP contribution in [0.3, 0.4) is 0 Å². The molecule has 1 atom stereocenters. The van der Waals surface area contributed by atoms with E-state index in [-0.39, 0.29) is 12.1 Å². The minimum Gasteiger partial charge on any atom is -0.494 e. The molecule has 31 heavy (non-hydrogen) atoms. The molecule has 0 spiro atoms. The highest BCUT2D eigenvalue weighted by molar-refractivity contribution is 5.66. The average Bonchev–Trinajstić information content (AvgIpc) is 3.22. The molecular formula is C24H25N3O4. The summed E-state index contributed by atoms with van der Waals surface area (Å²) < 4.78 is 14.0. The van der Waals surface area contributed by atoms with Crippen LogP contribution in [0.4, 0.5) is 0 Å². The molecule has 0 amide bonds. The van der Waals surface area contributed by atoms with Crippen molar-refractivity contribution < 1.29 is 14.6 Å². The standard InChI is InChI=1S/C24H25N3O4/c1-3-30-19-9-5-17(6-10-19)21-15-22-24(29)26(13-14-27(22)25-21)16-23(28)18-7-11-20(12-8-18)31-4-2/h5-15,23,28H,3-4,16H2,1-2H3/t23-/m1/s1. The number of ether oxygens (including phenoxy) is 2. The maximum atomic E-state index is 13.0. The lowest BCUT2D eigenvalue weighted by Crippen LogP contribution is -2.24. The maximum Gasteiger partial charge on any atom is 0.276 e. The van der Waals surface area contributed by atoms with Gasteiger partial charge in [0.15, 0.2) is 0 Å². The van der Waals surface area contributed by atoms with Crippen molar-refractivity contribution in [2.24, 2.45) is 0 Å². The van der Waals surface area contributed by atoms with Crippen molar-refractivity contribution in [2.75, 3.05) is 13.2 Å². The number of nitrogens with zero attached hydrogens (tertiary/aromatic N) is 3. The molecule has 0 aliphatic rings. The second-order valence-corrected chi connectivity index (χ2v) is 7.09. The lowest BCUT2D eigenvalue weighted by atomic mass is 10.1. The number of rotatable bonds is 8. The average molecular weight is 419 g/mol. The summed E-state index contributed by atoms with van der Waals surface area (Å²) in [6.45, 7) is 5.20. The van der Waals surface area contributed by atoms with Crippen molar-refractivity contribution in [3.8, 4) is 22.8 Å². The number of aliphatic hydroxyl groups excluding tert-OH is 1. The van der Waals surface area contributed by atoms with Crippen LogP contribution >= 0.6 is 0 Å². The Kier molecular flexibility index (Phi) is 6.04. The molecule has 0 saturated heterocycles. The molecule has 0 saturated carbocycles. The Morgan fingerprint density at radius 3 is 2.16 bits per heavy atom. The third-order valence-electron chi connectivity index (χ3n) is 5.01. The Bertz CT molecular complexity index is 1210. The smallest absolute Gasteiger partial charge is 0.276 e. The van der Waals surface area contributed by atoms with E-state index in [1.165, 1.54) is 4.57 Å². The molecule has 1 N–H and O–H groups in total. The zero-order chi connectivity index (χ0) is 21.8. The fourth-order valence-electron chi connectivity index (χ4n) is 3.44. The van der Waals surface area contributed by atoms with Gasteiger partial charge in [0.25, 0.3) is 5.56 Å². The molecule has 0 bridgehead atoms. The van der Waals surface area contributed by atoms with Crippen molar-refractivity contribution >= 4 is 5.52 Å². The summed E-state index contributed by atoms with van der Waals surface area (Å²) >= 11 is 0. The van der Waals surface area contributed by atoms with Crippen molar-refractivity contribution in [1.82, 2.24) is 14.2 Å². The number of aromatic nitrogens is 3. The van der Waals surface area contributed by atoms with Crippen LogP contribution in [0.25, 0.3) is 16.8 Å². The first kappa shape index (κ1) is 20.7.